The molecule has 32 heavy (non-hydrogen) atoms. The number of carbonyl (C=O) groups is 2. The Morgan fingerprint density at radius 2 is 2.09 bits per heavy atom. The first-order valence-electron chi connectivity index (χ1n) is 10.2. The number of fused-ring (bicyclic) bond motifs is 1. The maximum atomic E-state index is 13.0. The summed E-state index contributed by atoms with van der Waals surface area (Å²) >= 11 is 0. The summed E-state index contributed by atoms with van der Waals surface area (Å²) in [5.74, 6) is 0.219. The molecule has 1 aliphatic carbocycles. The monoisotopic (exact) mass is 449 g/mol. The van der Waals surface area contributed by atoms with Crippen molar-refractivity contribution in [3.63, 3.8) is 0 Å². The van der Waals surface area contributed by atoms with E-state index in [4.69, 9.17) is 4.74 Å². The molecule has 3 heterocycles. The zero-order valence-electron chi connectivity index (χ0n) is 17.6. The van der Waals surface area contributed by atoms with Gasteiger partial charge in [-0.2, -0.15) is 13.2 Å². The molecule has 170 valence electrons. The molecule has 1 aliphatic heterocycles. The molecule has 4 rings (SSSR count). The molecule has 11 heteroatoms. The average molecular weight is 449 g/mol. The van der Waals surface area contributed by atoms with E-state index < -0.39 is 18.8 Å². The van der Waals surface area contributed by atoms with Gasteiger partial charge in [-0.15, -0.1) is 10.2 Å². The SMILES string of the molecule is Cc1cc(C(C)N2Cc3c(ccnc3NC(=O)CC3CC3)C2=O)nnc1OCC(F)(F)F. The summed E-state index contributed by atoms with van der Waals surface area (Å²) in [6.07, 6.45) is -0.449. The minimum absolute atomic E-state index is 0.122. The Morgan fingerprint density at radius 1 is 1.34 bits per heavy atom. The van der Waals surface area contributed by atoms with Crippen LogP contribution >= 0.6 is 0 Å². The van der Waals surface area contributed by atoms with Gasteiger partial charge in [0.15, 0.2) is 6.61 Å². The van der Waals surface area contributed by atoms with Crippen molar-refractivity contribution in [3.05, 3.63) is 40.7 Å². The highest BCUT2D eigenvalue weighted by atomic mass is 19.4. The zero-order valence-corrected chi connectivity index (χ0v) is 17.6. The van der Waals surface area contributed by atoms with E-state index in [-0.39, 0.29) is 24.2 Å². The van der Waals surface area contributed by atoms with E-state index in [1.165, 1.54) is 6.20 Å². The summed E-state index contributed by atoms with van der Waals surface area (Å²) in [4.78, 5) is 31.0. The first kappa shape index (κ1) is 22.0. The van der Waals surface area contributed by atoms with Crippen molar-refractivity contribution in [1.82, 2.24) is 20.1 Å². The normalized spacial score (nSPS) is 16.7. The highest BCUT2D eigenvalue weighted by Gasteiger charge is 2.35. The minimum atomic E-state index is -4.48. The maximum Gasteiger partial charge on any atom is 0.422 e. The number of ether oxygens (including phenoxy) is 1. The van der Waals surface area contributed by atoms with E-state index in [0.717, 1.165) is 12.8 Å². The van der Waals surface area contributed by atoms with E-state index >= 15 is 0 Å². The second-order valence-corrected chi connectivity index (χ2v) is 8.15. The summed E-state index contributed by atoms with van der Waals surface area (Å²) < 4.78 is 41.8. The summed E-state index contributed by atoms with van der Waals surface area (Å²) in [6.45, 7) is 2.08. The minimum Gasteiger partial charge on any atom is -0.467 e. The lowest BCUT2D eigenvalue weighted by atomic mass is 10.1. The molecule has 1 fully saturated rings. The molecule has 0 spiro atoms. The summed E-state index contributed by atoms with van der Waals surface area (Å²) in [6, 6.07) is 2.65. The van der Waals surface area contributed by atoms with Crippen LogP contribution in [0.15, 0.2) is 18.3 Å². The Balaban J connectivity index is 1.49. The predicted octanol–water partition coefficient (Wildman–Crippen LogP) is 3.58. The number of carbonyl (C=O) groups excluding carboxylic acids is 2. The molecule has 1 unspecified atom stereocenters. The van der Waals surface area contributed by atoms with Crippen molar-refractivity contribution in [2.45, 2.75) is 51.9 Å². The van der Waals surface area contributed by atoms with Gasteiger partial charge in [0.25, 0.3) is 5.91 Å². The number of nitrogens with one attached hydrogen (secondary N) is 1. The highest BCUT2D eigenvalue weighted by Crippen LogP contribution is 2.35. The smallest absolute Gasteiger partial charge is 0.422 e. The Labute approximate surface area is 182 Å². The van der Waals surface area contributed by atoms with Gasteiger partial charge < -0.3 is 15.0 Å². The number of alkyl halides is 3. The molecule has 0 saturated heterocycles. The van der Waals surface area contributed by atoms with Crippen LogP contribution in [-0.4, -0.2) is 44.7 Å². The summed E-state index contributed by atoms with van der Waals surface area (Å²) in [7, 11) is 0. The van der Waals surface area contributed by atoms with Gasteiger partial charge in [-0.1, -0.05) is 0 Å². The fraction of sp³-hybridized carbons (Fsp3) is 0.476. The Hall–Kier alpha value is -3.24. The van der Waals surface area contributed by atoms with Crippen LogP contribution in [0.25, 0.3) is 0 Å². The quantitative estimate of drug-likeness (QED) is 0.694. The lowest BCUT2D eigenvalue weighted by Gasteiger charge is -2.24. The van der Waals surface area contributed by atoms with E-state index in [9.17, 15) is 22.8 Å². The van der Waals surface area contributed by atoms with Gasteiger partial charge in [0.2, 0.25) is 11.8 Å². The number of halogens is 3. The molecule has 2 aromatic heterocycles. The molecule has 2 aliphatic rings. The standard InChI is InChI=1S/C21H22F3N5O3/c1-11-7-16(27-28-19(11)32-10-21(22,23)24)12(2)29-9-15-14(20(29)31)5-6-25-18(15)26-17(30)8-13-3-4-13/h5-7,12-13H,3-4,8-10H2,1-2H3,(H,25,26,30). The number of aryl methyl sites for hydroxylation is 1. The van der Waals surface area contributed by atoms with Crippen molar-refractivity contribution in [2.24, 2.45) is 5.92 Å². The Kier molecular flexibility index (Phi) is 5.74. The van der Waals surface area contributed by atoms with E-state index in [2.05, 4.69) is 20.5 Å². The largest absolute Gasteiger partial charge is 0.467 e. The van der Waals surface area contributed by atoms with Gasteiger partial charge in [-0.25, -0.2) is 4.98 Å². The van der Waals surface area contributed by atoms with Crippen LogP contribution in [0.3, 0.4) is 0 Å². The average Bonchev–Trinajstić information content (AvgIpc) is 3.47. The molecule has 1 N–H and O–H groups in total. The fourth-order valence-corrected chi connectivity index (χ4v) is 3.59. The highest BCUT2D eigenvalue weighted by molar-refractivity contribution is 6.01. The van der Waals surface area contributed by atoms with Crippen molar-refractivity contribution in [1.29, 1.82) is 0 Å². The molecule has 0 bridgehead atoms. The van der Waals surface area contributed by atoms with Crippen molar-refractivity contribution in [2.75, 3.05) is 11.9 Å². The molecular weight excluding hydrogens is 427 g/mol. The Morgan fingerprint density at radius 3 is 2.75 bits per heavy atom. The van der Waals surface area contributed by atoms with Crippen LogP contribution in [-0.2, 0) is 11.3 Å². The number of hydrogen-bond acceptors (Lipinski definition) is 6. The van der Waals surface area contributed by atoms with Gasteiger partial charge >= 0.3 is 6.18 Å². The number of anilines is 1. The van der Waals surface area contributed by atoms with Crippen molar-refractivity contribution in [3.8, 4) is 5.88 Å². The molecule has 0 aromatic carbocycles. The van der Waals surface area contributed by atoms with E-state index in [1.54, 1.807) is 30.9 Å². The molecule has 2 amide bonds. The molecule has 1 atom stereocenters. The predicted molar refractivity (Wildman–Crippen MR) is 107 cm³/mol. The second-order valence-electron chi connectivity index (χ2n) is 8.15. The van der Waals surface area contributed by atoms with E-state index in [0.29, 0.717) is 40.5 Å². The molecule has 1 saturated carbocycles. The van der Waals surface area contributed by atoms with Gasteiger partial charge in [0, 0.05) is 29.3 Å². The van der Waals surface area contributed by atoms with Crippen LogP contribution in [0.5, 0.6) is 5.88 Å². The van der Waals surface area contributed by atoms with Gasteiger partial charge in [0.05, 0.1) is 18.3 Å². The van der Waals surface area contributed by atoms with E-state index in [1.807, 2.05) is 0 Å². The van der Waals surface area contributed by atoms with Crippen LogP contribution in [0.2, 0.25) is 0 Å². The van der Waals surface area contributed by atoms with Gasteiger partial charge in [0.1, 0.15) is 5.82 Å². The number of nitrogens with zero attached hydrogens (tertiary/aromatic N) is 4. The number of aromatic nitrogens is 3. The molecular formula is C21H22F3N5O3. The number of hydrogen-bond donors (Lipinski definition) is 1. The second kappa shape index (κ2) is 8.36. The Bertz CT molecular complexity index is 1060. The van der Waals surface area contributed by atoms with Crippen LogP contribution in [0.4, 0.5) is 19.0 Å². The maximum absolute atomic E-state index is 13.0. The first-order chi connectivity index (χ1) is 15.1. The zero-order chi connectivity index (χ0) is 23.0. The number of rotatable bonds is 7. The third kappa shape index (κ3) is 4.81. The lowest BCUT2D eigenvalue weighted by Crippen LogP contribution is -2.28. The van der Waals surface area contributed by atoms with Crippen molar-refractivity contribution < 1.29 is 27.5 Å². The number of pyridine rings is 1. The molecule has 2 aromatic rings. The number of amides is 2. The van der Waals surface area contributed by atoms with Gasteiger partial charge in [-0.3, -0.25) is 9.59 Å². The summed E-state index contributed by atoms with van der Waals surface area (Å²) in [5.41, 5.74) is 1.87. The first-order valence-corrected chi connectivity index (χ1v) is 10.2. The topological polar surface area (TPSA) is 97.3 Å². The van der Waals surface area contributed by atoms with Crippen molar-refractivity contribution >= 4 is 17.6 Å². The molecule has 8 nitrogen and oxygen atoms in total. The third-order valence-corrected chi connectivity index (χ3v) is 5.53. The lowest BCUT2D eigenvalue weighted by molar-refractivity contribution is -0.154. The van der Waals surface area contributed by atoms with Crippen LogP contribution < -0.4 is 10.1 Å². The molecule has 0 radical (unpaired) electrons. The fourth-order valence-electron chi connectivity index (χ4n) is 3.59. The van der Waals surface area contributed by atoms with Crippen LogP contribution in [0, 0.1) is 12.8 Å². The third-order valence-electron chi connectivity index (χ3n) is 5.53. The van der Waals surface area contributed by atoms with Crippen LogP contribution in [0.1, 0.15) is 59.4 Å². The van der Waals surface area contributed by atoms with Gasteiger partial charge in [-0.05, 0) is 44.7 Å². The summed E-state index contributed by atoms with van der Waals surface area (Å²) in [5, 5.41) is 10.5.